The molecule has 0 saturated carbocycles. The van der Waals surface area contributed by atoms with Crippen LogP contribution in [0.5, 0.6) is 11.5 Å². The Morgan fingerprint density at radius 1 is 0.947 bits per heavy atom. The van der Waals surface area contributed by atoms with Gasteiger partial charge in [-0.1, -0.05) is 42.5 Å². The molecule has 2 saturated heterocycles. The van der Waals surface area contributed by atoms with Gasteiger partial charge in [-0.2, -0.15) is 12.7 Å². The van der Waals surface area contributed by atoms with Crippen LogP contribution in [0.2, 0.25) is 0 Å². The maximum atomic E-state index is 13.8. The average molecular weight is 539 g/mol. The quantitative estimate of drug-likeness (QED) is 0.467. The Labute approximate surface area is 222 Å². The van der Waals surface area contributed by atoms with E-state index in [0.29, 0.717) is 30.1 Å². The molecule has 0 aromatic heterocycles. The van der Waals surface area contributed by atoms with Crippen molar-refractivity contribution in [2.75, 3.05) is 40.5 Å². The van der Waals surface area contributed by atoms with Crippen LogP contribution in [0.15, 0.2) is 72.8 Å². The predicted molar refractivity (Wildman–Crippen MR) is 141 cm³/mol. The largest absolute Gasteiger partial charge is 0.497 e. The summed E-state index contributed by atoms with van der Waals surface area (Å²) in [6.07, 6.45) is -0.760. The second-order valence-corrected chi connectivity index (χ2v) is 10.7. The van der Waals surface area contributed by atoms with Gasteiger partial charge in [-0.25, -0.2) is 0 Å². The molecule has 5 rings (SSSR count). The van der Waals surface area contributed by atoms with Crippen LogP contribution in [0.1, 0.15) is 11.1 Å². The second kappa shape index (κ2) is 10.4. The number of ether oxygens (including phenoxy) is 2. The minimum Gasteiger partial charge on any atom is -0.497 e. The first-order chi connectivity index (χ1) is 18.2. The molecule has 0 radical (unpaired) electrons. The third kappa shape index (κ3) is 4.74. The Balaban J connectivity index is 1.57. The monoisotopic (exact) mass is 538 g/mol. The summed E-state index contributed by atoms with van der Waals surface area (Å²) in [5.74, 6) is 0.529. The number of methoxy groups -OCH3 is 1. The summed E-state index contributed by atoms with van der Waals surface area (Å²) in [6.45, 7) is 1.03. The molecule has 0 bridgehead atoms. The number of likely N-dealkylation sites (N-methyl/N-ethyl adjacent to an activating group) is 1. The topological polar surface area (TPSA) is 123 Å². The van der Waals surface area contributed by atoms with Crippen LogP contribution in [-0.4, -0.2) is 70.3 Å². The fraction of sp³-hybridized carbons (Fsp3) is 0.296. The molecule has 3 N–H and O–H groups in total. The normalized spacial score (nSPS) is 22.4. The number of carbonyl (C=O) groups excluding carboxylic acids is 1. The van der Waals surface area contributed by atoms with E-state index in [2.05, 4.69) is 5.32 Å². The third-order valence-electron chi connectivity index (χ3n) is 6.88. The molecular weight excluding hydrogens is 508 g/mol. The maximum absolute atomic E-state index is 13.8. The lowest BCUT2D eigenvalue weighted by Crippen LogP contribution is -2.48. The minimum atomic E-state index is -4.04. The van der Waals surface area contributed by atoms with Gasteiger partial charge < -0.3 is 18.6 Å². The van der Waals surface area contributed by atoms with E-state index in [0.717, 1.165) is 11.1 Å². The minimum absolute atomic E-state index is 0.0926. The van der Waals surface area contributed by atoms with Gasteiger partial charge in [0.25, 0.3) is 5.91 Å². The van der Waals surface area contributed by atoms with Gasteiger partial charge in [-0.05, 0) is 52.6 Å². The molecule has 0 spiro atoms. The number of benzene rings is 3. The first-order valence-electron chi connectivity index (χ1n) is 12.2. The second-order valence-electron chi connectivity index (χ2n) is 9.15. The van der Waals surface area contributed by atoms with Crippen molar-refractivity contribution in [1.29, 1.82) is 0 Å². The van der Waals surface area contributed by atoms with E-state index >= 15 is 0 Å². The third-order valence-corrected chi connectivity index (χ3v) is 8.28. The summed E-state index contributed by atoms with van der Waals surface area (Å²) in [5.41, 5.74) is 7.84. The molecular formula is C27H30N4O6S. The van der Waals surface area contributed by atoms with Crippen molar-refractivity contribution < 1.29 is 26.9 Å². The standard InChI is InChI=1S/C27H30N4O6S/c1-30-25(32)27(29-26(30)28,21-8-3-6-19(16-21)20-7-4-10-23(17-20)35-2)22-9-5-11-24(18-22)37-38(33,34)31-12-14-36-15-13-31/h3-11,16-18,26,29H,12-15,28H2,1-2H3. The molecule has 11 heteroatoms. The number of nitrogens with two attached hydrogens (primary N) is 1. The van der Waals surface area contributed by atoms with Crippen molar-refractivity contribution in [2.45, 2.75) is 11.8 Å². The summed E-state index contributed by atoms with van der Waals surface area (Å²) >= 11 is 0. The highest BCUT2D eigenvalue weighted by Crippen LogP contribution is 2.39. The number of amides is 1. The van der Waals surface area contributed by atoms with E-state index in [1.165, 1.54) is 9.21 Å². The number of carbonyl (C=O) groups is 1. The molecule has 2 aliphatic rings. The molecule has 200 valence electrons. The van der Waals surface area contributed by atoms with E-state index in [9.17, 15) is 13.2 Å². The van der Waals surface area contributed by atoms with Gasteiger partial charge in [0.1, 0.15) is 17.8 Å². The molecule has 2 unspecified atom stereocenters. The SMILES string of the molecule is COc1cccc(-c2cccc(C3(c4cccc(OS(=O)(=O)N5CCOCC5)c4)NC(N)N(C)C3=O)c2)c1. The van der Waals surface area contributed by atoms with Gasteiger partial charge in [0.05, 0.1) is 20.3 Å². The van der Waals surface area contributed by atoms with Gasteiger partial charge in [-0.15, -0.1) is 0 Å². The van der Waals surface area contributed by atoms with Gasteiger partial charge in [0.2, 0.25) is 0 Å². The zero-order chi connectivity index (χ0) is 26.9. The van der Waals surface area contributed by atoms with Crippen molar-refractivity contribution in [2.24, 2.45) is 5.73 Å². The number of nitrogens with one attached hydrogen (secondary N) is 1. The molecule has 38 heavy (non-hydrogen) atoms. The Hall–Kier alpha value is -3.48. The maximum Gasteiger partial charge on any atom is 0.385 e. The van der Waals surface area contributed by atoms with Gasteiger partial charge >= 0.3 is 10.3 Å². The zero-order valence-corrected chi connectivity index (χ0v) is 22.0. The first kappa shape index (κ1) is 26.1. The van der Waals surface area contributed by atoms with Crippen LogP contribution in [-0.2, 0) is 25.4 Å². The highest BCUT2D eigenvalue weighted by atomic mass is 32.2. The van der Waals surface area contributed by atoms with E-state index in [1.807, 2.05) is 48.5 Å². The molecule has 3 aromatic carbocycles. The number of hydrogen-bond acceptors (Lipinski definition) is 8. The van der Waals surface area contributed by atoms with Crippen LogP contribution in [0.25, 0.3) is 11.1 Å². The lowest BCUT2D eigenvalue weighted by Gasteiger charge is -2.29. The summed E-state index contributed by atoms with van der Waals surface area (Å²) < 4.78 is 43.1. The van der Waals surface area contributed by atoms with Gasteiger partial charge in [0.15, 0.2) is 5.54 Å². The van der Waals surface area contributed by atoms with Crippen LogP contribution in [0.3, 0.4) is 0 Å². The van der Waals surface area contributed by atoms with E-state index in [-0.39, 0.29) is 24.7 Å². The van der Waals surface area contributed by atoms with Crippen LogP contribution >= 0.6 is 0 Å². The predicted octanol–water partition coefficient (Wildman–Crippen LogP) is 1.87. The van der Waals surface area contributed by atoms with Crippen molar-refractivity contribution in [3.63, 3.8) is 0 Å². The Kier molecular flexibility index (Phi) is 7.12. The summed E-state index contributed by atoms with van der Waals surface area (Å²) in [6, 6.07) is 21.7. The molecule has 3 aromatic rings. The summed E-state index contributed by atoms with van der Waals surface area (Å²) in [7, 11) is -0.814. The number of hydrogen-bond donors (Lipinski definition) is 2. The number of nitrogens with zero attached hydrogens (tertiary/aromatic N) is 2. The molecule has 2 fully saturated rings. The Bertz CT molecular complexity index is 1440. The van der Waals surface area contributed by atoms with E-state index in [1.54, 1.807) is 38.4 Å². The Morgan fingerprint density at radius 3 is 2.21 bits per heavy atom. The fourth-order valence-corrected chi connectivity index (χ4v) is 5.86. The fourth-order valence-electron chi connectivity index (χ4n) is 4.81. The highest BCUT2D eigenvalue weighted by molar-refractivity contribution is 7.84. The first-order valence-corrected chi connectivity index (χ1v) is 13.5. The zero-order valence-electron chi connectivity index (χ0n) is 21.2. The van der Waals surface area contributed by atoms with Crippen LogP contribution in [0.4, 0.5) is 0 Å². The van der Waals surface area contributed by atoms with Crippen molar-refractivity contribution in [1.82, 2.24) is 14.5 Å². The average Bonchev–Trinajstić information content (AvgIpc) is 3.18. The Morgan fingerprint density at radius 2 is 1.55 bits per heavy atom. The number of rotatable bonds is 7. The summed E-state index contributed by atoms with van der Waals surface area (Å²) in [4.78, 5) is 15.2. The molecule has 2 atom stereocenters. The highest BCUT2D eigenvalue weighted by Gasteiger charge is 2.51. The lowest BCUT2D eigenvalue weighted by atomic mass is 9.81. The molecule has 1 amide bonds. The van der Waals surface area contributed by atoms with E-state index < -0.39 is 22.1 Å². The van der Waals surface area contributed by atoms with Crippen molar-refractivity contribution in [3.8, 4) is 22.6 Å². The molecule has 2 aliphatic heterocycles. The van der Waals surface area contributed by atoms with Gasteiger partial charge in [-0.3, -0.25) is 15.8 Å². The van der Waals surface area contributed by atoms with Crippen LogP contribution < -0.4 is 20.0 Å². The van der Waals surface area contributed by atoms with Gasteiger partial charge in [0, 0.05) is 20.1 Å². The molecule has 2 heterocycles. The smallest absolute Gasteiger partial charge is 0.385 e. The van der Waals surface area contributed by atoms with Crippen molar-refractivity contribution >= 4 is 16.2 Å². The van der Waals surface area contributed by atoms with Crippen LogP contribution in [0, 0.1) is 0 Å². The lowest BCUT2D eigenvalue weighted by molar-refractivity contribution is -0.131. The number of morpholine rings is 1. The van der Waals surface area contributed by atoms with E-state index in [4.69, 9.17) is 19.4 Å². The summed E-state index contributed by atoms with van der Waals surface area (Å²) in [5, 5.41) is 3.25. The van der Waals surface area contributed by atoms with Crippen molar-refractivity contribution in [3.05, 3.63) is 83.9 Å². The molecule has 0 aliphatic carbocycles. The molecule has 10 nitrogen and oxygen atoms in total.